The van der Waals surface area contributed by atoms with Crippen LogP contribution in [0.4, 0.5) is 11.4 Å². The van der Waals surface area contributed by atoms with Crippen molar-refractivity contribution in [2.24, 2.45) is 5.92 Å². The van der Waals surface area contributed by atoms with Crippen molar-refractivity contribution in [3.8, 4) is 0 Å². The first kappa shape index (κ1) is 16.9. The van der Waals surface area contributed by atoms with Crippen LogP contribution in [0.15, 0.2) is 53.4 Å². The minimum atomic E-state index is 0.0987. The molecule has 0 aliphatic carbocycles. The predicted octanol–water partition coefficient (Wildman–Crippen LogP) is 4.57. The summed E-state index contributed by atoms with van der Waals surface area (Å²) in [6, 6.07) is 16.6. The molecular weight excluding hydrogens is 316 g/mol. The molecule has 0 unspecified atom stereocenters. The second kappa shape index (κ2) is 7.75. The molecule has 2 aromatic carbocycles. The van der Waals surface area contributed by atoms with Gasteiger partial charge in [-0.15, -0.1) is 11.8 Å². The van der Waals surface area contributed by atoms with Gasteiger partial charge in [-0.3, -0.25) is 4.79 Å². The van der Waals surface area contributed by atoms with E-state index in [0.29, 0.717) is 0 Å². The van der Waals surface area contributed by atoms with Crippen LogP contribution in [0.3, 0.4) is 0 Å². The summed E-state index contributed by atoms with van der Waals surface area (Å²) in [6.45, 7) is 3.98. The zero-order chi connectivity index (χ0) is 16.9. The van der Waals surface area contributed by atoms with E-state index in [2.05, 4.69) is 41.4 Å². The number of carbonyl (C=O) groups is 1. The highest BCUT2D eigenvalue weighted by Crippen LogP contribution is 2.28. The van der Waals surface area contributed by atoms with Crippen LogP contribution in [0.25, 0.3) is 0 Å². The van der Waals surface area contributed by atoms with Crippen LogP contribution in [0.1, 0.15) is 18.4 Å². The summed E-state index contributed by atoms with van der Waals surface area (Å²) < 4.78 is 0. The number of para-hydroxylation sites is 1. The molecule has 0 radical (unpaired) electrons. The Labute approximate surface area is 148 Å². The number of nitrogens with one attached hydrogen (secondary N) is 1. The maximum absolute atomic E-state index is 12.6. The van der Waals surface area contributed by atoms with Gasteiger partial charge >= 0.3 is 0 Å². The van der Waals surface area contributed by atoms with Gasteiger partial charge in [-0.25, -0.2) is 0 Å². The van der Waals surface area contributed by atoms with Gasteiger partial charge in [0.15, 0.2) is 0 Å². The molecule has 3 nitrogen and oxygen atoms in total. The van der Waals surface area contributed by atoms with Crippen molar-refractivity contribution in [2.45, 2.75) is 24.7 Å². The van der Waals surface area contributed by atoms with Crippen LogP contribution >= 0.6 is 11.8 Å². The van der Waals surface area contributed by atoms with E-state index in [1.54, 1.807) is 11.8 Å². The van der Waals surface area contributed by atoms with Crippen LogP contribution in [-0.2, 0) is 4.79 Å². The quantitative estimate of drug-likeness (QED) is 0.827. The van der Waals surface area contributed by atoms with Gasteiger partial charge < -0.3 is 10.2 Å². The van der Waals surface area contributed by atoms with E-state index in [-0.39, 0.29) is 11.8 Å². The molecule has 1 amide bonds. The summed E-state index contributed by atoms with van der Waals surface area (Å²) in [4.78, 5) is 16.1. The van der Waals surface area contributed by atoms with E-state index in [0.717, 1.165) is 36.5 Å². The first-order chi connectivity index (χ1) is 11.7. The number of hydrogen-bond donors (Lipinski definition) is 1. The van der Waals surface area contributed by atoms with Crippen molar-refractivity contribution in [3.63, 3.8) is 0 Å². The van der Waals surface area contributed by atoms with E-state index in [4.69, 9.17) is 0 Å². The maximum atomic E-state index is 12.6. The molecule has 0 bridgehead atoms. The molecule has 1 aliphatic rings. The summed E-state index contributed by atoms with van der Waals surface area (Å²) in [6.07, 6.45) is 3.84. The molecule has 0 atom stereocenters. The minimum absolute atomic E-state index is 0.0987. The fourth-order valence-corrected chi connectivity index (χ4v) is 3.69. The van der Waals surface area contributed by atoms with Gasteiger partial charge in [-0.05, 0) is 50.3 Å². The molecule has 0 saturated carbocycles. The first-order valence-electron chi connectivity index (χ1n) is 8.43. The highest BCUT2D eigenvalue weighted by molar-refractivity contribution is 7.98. The normalized spacial score (nSPS) is 15.3. The lowest BCUT2D eigenvalue weighted by atomic mass is 9.95. The summed E-state index contributed by atoms with van der Waals surface area (Å²) in [5.41, 5.74) is 3.46. The van der Waals surface area contributed by atoms with Crippen molar-refractivity contribution in [1.82, 2.24) is 0 Å². The van der Waals surface area contributed by atoms with Crippen molar-refractivity contribution in [2.75, 3.05) is 29.6 Å². The minimum Gasteiger partial charge on any atom is -0.371 e. The maximum Gasteiger partial charge on any atom is 0.227 e. The van der Waals surface area contributed by atoms with Crippen LogP contribution in [0.2, 0.25) is 0 Å². The Balaban J connectivity index is 1.58. The number of anilines is 2. The summed E-state index contributed by atoms with van der Waals surface area (Å²) in [5, 5.41) is 3.11. The van der Waals surface area contributed by atoms with E-state index < -0.39 is 0 Å². The molecule has 2 aromatic rings. The summed E-state index contributed by atoms with van der Waals surface area (Å²) in [5.74, 6) is 0.252. The van der Waals surface area contributed by atoms with E-state index in [1.807, 2.05) is 30.5 Å². The Kier molecular flexibility index (Phi) is 5.46. The zero-order valence-electron chi connectivity index (χ0n) is 14.3. The van der Waals surface area contributed by atoms with Crippen molar-refractivity contribution >= 4 is 29.0 Å². The standard InChI is InChI=1S/C20H24N2OS/c1-15-7-9-17(10-8-15)22-13-11-16(12-14-22)20(23)21-18-5-3-4-6-19(18)24-2/h3-10,16H,11-14H2,1-2H3,(H,21,23). The topological polar surface area (TPSA) is 32.3 Å². The van der Waals surface area contributed by atoms with Crippen molar-refractivity contribution in [1.29, 1.82) is 0 Å². The largest absolute Gasteiger partial charge is 0.371 e. The Bertz CT molecular complexity index is 691. The van der Waals surface area contributed by atoms with Gasteiger partial charge in [0.2, 0.25) is 5.91 Å². The monoisotopic (exact) mass is 340 g/mol. The second-order valence-electron chi connectivity index (χ2n) is 6.29. The first-order valence-corrected chi connectivity index (χ1v) is 9.65. The number of amides is 1. The number of piperidine rings is 1. The number of carbonyl (C=O) groups excluding carboxylic acids is 1. The lowest BCUT2D eigenvalue weighted by Gasteiger charge is -2.33. The van der Waals surface area contributed by atoms with Crippen LogP contribution in [0.5, 0.6) is 0 Å². The molecule has 1 fully saturated rings. The van der Waals surface area contributed by atoms with Gasteiger partial charge in [-0.2, -0.15) is 0 Å². The van der Waals surface area contributed by atoms with Crippen molar-refractivity contribution < 1.29 is 4.79 Å². The number of thioether (sulfide) groups is 1. The highest BCUT2D eigenvalue weighted by Gasteiger charge is 2.25. The third-order valence-corrected chi connectivity index (χ3v) is 5.43. The fourth-order valence-electron chi connectivity index (χ4n) is 3.14. The average molecular weight is 340 g/mol. The molecule has 1 saturated heterocycles. The van der Waals surface area contributed by atoms with Gasteiger partial charge in [0, 0.05) is 29.6 Å². The number of benzene rings is 2. The zero-order valence-corrected chi connectivity index (χ0v) is 15.1. The molecule has 4 heteroatoms. The second-order valence-corrected chi connectivity index (χ2v) is 7.13. The summed E-state index contributed by atoms with van der Waals surface area (Å²) >= 11 is 1.66. The number of rotatable bonds is 4. The van der Waals surface area contributed by atoms with Crippen LogP contribution in [-0.4, -0.2) is 25.3 Å². The van der Waals surface area contributed by atoms with Crippen LogP contribution in [0, 0.1) is 12.8 Å². The van der Waals surface area contributed by atoms with E-state index in [1.165, 1.54) is 11.3 Å². The molecule has 24 heavy (non-hydrogen) atoms. The number of hydrogen-bond acceptors (Lipinski definition) is 3. The van der Waals surface area contributed by atoms with Crippen molar-refractivity contribution in [3.05, 3.63) is 54.1 Å². The van der Waals surface area contributed by atoms with E-state index in [9.17, 15) is 4.79 Å². The molecule has 0 spiro atoms. The lowest BCUT2D eigenvalue weighted by Crippen LogP contribution is -2.38. The Hall–Kier alpha value is -1.94. The molecule has 3 rings (SSSR count). The number of aryl methyl sites for hydroxylation is 1. The molecule has 1 aliphatic heterocycles. The van der Waals surface area contributed by atoms with Gasteiger partial charge in [-0.1, -0.05) is 29.8 Å². The van der Waals surface area contributed by atoms with Gasteiger partial charge in [0.25, 0.3) is 0 Å². The average Bonchev–Trinajstić information content (AvgIpc) is 2.63. The molecule has 0 aromatic heterocycles. The molecule has 126 valence electrons. The third kappa shape index (κ3) is 3.93. The Morgan fingerprint density at radius 1 is 1.08 bits per heavy atom. The SMILES string of the molecule is CSc1ccccc1NC(=O)C1CCN(c2ccc(C)cc2)CC1. The number of nitrogens with zero attached hydrogens (tertiary/aromatic N) is 1. The lowest BCUT2D eigenvalue weighted by molar-refractivity contribution is -0.120. The Morgan fingerprint density at radius 3 is 2.42 bits per heavy atom. The van der Waals surface area contributed by atoms with E-state index >= 15 is 0 Å². The van der Waals surface area contributed by atoms with Gasteiger partial charge in [0.1, 0.15) is 0 Å². The molecule has 1 heterocycles. The van der Waals surface area contributed by atoms with Crippen LogP contribution < -0.4 is 10.2 Å². The fraction of sp³-hybridized carbons (Fsp3) is 0.350. The third-order valence-electron chi connectivity index (χ3n) is 4.63. The highest BCUT2D eigenvalue weighted by atomic mass is 32.2. The predicted molar refractivity (Wildman–Crippen MR) is 103 cm³/mol. The Morgan fingerprint density at radius 2 is 1.75 bits per heavy atom. The van der Waals surface area contributed by atoms with Gasteiger partial charge in [0.05, 0.1) is 5.69 Å². The smallest absolute Gasteiger partial charge is 0.227 e. The summed E-state index contributed by atoms with van der Waals surface area (Å²) in [7, 11) is 0. The molecular formula is C20H24N2OS. The molecule has 1 N–H and O–H groups in total.